The molecule has 0 spiro atoms. The van der Waals surface area contributed by atoms with E-state index in [0.717, 1.165) is 12.1 Å². The third-order valence-electron chi connectivity index (χ3n) is 1.99. The third-order valence-corrected chi connectivity index (χ3v) is 4.73. The Morgan fingerprint density at radius 2 is 1.60 bits per heavy atom. The van der Waals surface area contributed by atoms with E-state index < -0.39 is 31.7 Å². The van der Waals surface area contributed by atoms with Crippen LogP contribution in [-0.2, 0) is 26.7 Å². The smallest absolute Gasteiger partial charge is 0.265 e. The van der Waals surface area contributed by atoms with Crippen LogP contribution in [0.25, 0.3) is 0 Å². The molecule has 0 amide bonds. The summed E-state index contributed by atoms with van der Waals surface area (Å²) in [6.45, 7) is 4.17. The van der Waals surface area contributed by atoms with E-state index in [1.54, 1.807) is 11.3 Å². The highest BCUT2D eigenvalue weighted by Crippen LogP contribution is 2.20. The summed E-state index contributed by atoms with van der Waals surface area (Å²) in [5.41, 5.74) is 6.62. The first-order valence-electron chi connectivity index (χ1n) is 5.56. The van der Waals surface area contributed by atoms with Crippen LogP contribution in [0, 0.1) is 6.92 Å². The van der Waals surface area contributed by atoms with E-state index in [-0.39, 0.29) is 0 Å². The summed E-state index contributed by atoms with van der Waals surface area (Å²) in [6.07, 6.45) is 2.28. The molecule has 0 unspecified atom stereocenters. The molecule has 0 atom stereocenters. The second-order valence-electron chi connectivity index (χ2n) is 3.88. The molecule has 1 aromatic heterocycles. The van der Waals surface area contributed by atoms with Crippen molar-refractivity contribution < 1.29 is 25.9 Å². The second kappa shape index (κ2) is 7.88. The van der Waals surface area contributed by atoms with E-state index in [0.29, 0.717) is 5.13 Å². The van der Waals surface area contributed by atoms with Gasteiger partial charge in [-0.05, 0) is 13.3 Å². The van der Waals surface area contributed by atoms with Crippen LogP contribution in [0.15, 0.2) is 0 Å². The second-order valence-corrected chi connectivity index (χ2v) is 8.14. The van der Waals surface area contributed by atoms with Gasteiger partial charge in [-0.1, -0.05) is 13.3 Å². The summed E-state index contributed by atoms with van der Waals surface area (Å²) in [5.74, 6) is -1.96. The van der Waals surface area contributed by atoms with Crippen LogP contribution in [0.1, 0.15) is 23.9 Å². The van der Waals surface area contributed by atoms with Gasteiger partial charge >= 0.3 is 0 Å². The molecule has 1 aromatic rings. The third kappa shape index (κ3) is 10.1. The van der Waals surface area contributed by atoms with Crippen LogP contribution in [0.2, 0.25) is 0 Å². The molecule has 0 aliphatic heterocycles. The molecule has 11 heteroatoms. The first-order chi connectivity index (χ1) is 8.94. The number of rotatable bonds is 5. The van der Waals surface area contributed by atoms with Crippen LogP contribution in [0.3, 0.4) is 0 Å². The number of hydrogen-bond acceptors (Lipinski definition) is 7. The van der Waals surface area contributed by atoms with Gasteiger partial charge in [-0.25, -0.2) is 4.98 Å². The molecule has 20 heavy (non-hydrogen) atoms. The minimum absolute atomic E-state index is 0.695. The van der Waals surface area contributed by atoms with Crippen LogP contribution < -0.4 is 5.73 Å². The predicted octanol–water partition coefficient (Wildman–Crippen LogP) is 0.748. The van der Waals surface area contributed by atoms with Gasteiger partial charge in [-0.3, -0.25) is 9.11 Å². The van der Waals surface area contributed by atoms with Gasteiger partial charge in [0.15, 0.2) is 5.13 Å². The van der Waals surface area contributed by atoms with E-state index >= 15 is 0 Å². The molecule has 0 fully saturated rings. The zero-order chi connectivity index (χ0) is 16.0. The Morgan fingerprint density at radius 3 is 1.85 bits per heavy atom. The Kier molecular flexibility index (Phi) is 7.59. The lowest BCUT2D eigenvalue weighted by atomic mass is 10.2. The highest BCUT2D eigenvalue weighted by molar-refractivity contribution is 7.89. The minimum atomic E-state index is -4.30. The van der Waals surface area contributed by atoms with E-state index in [9.17, 15) is 16.8 Å². The van der Waals surface area contributed by atoms with Gasteiger partial charge in [0.25, 0.3) is 20.2 Å². The summed E-state index contributed by atoms with van der Waals surface area (Å²) in [7, 11) is -8.59. The maximum absolute atomic E-state index is 9.86. The molecule has 0 bridgehead atoms. The van der Waals surface area contributed by atoms with E-state index in [4.69, 9.17) is 14.8 Å². The summed E-state index contributed by atoms with van der Waals surface area (Å²) in [4.78, 5) is 5.46. The monoisotopic (exact) mass is 346 g/mol. The van der Waals surface area contributed by atoms with Gasteiger partial charge in [0, 0.05) is 4.88 Å². The Labute approximate surface area is 122 Å². The van der Waals surface area contributed by atoms with Gasteiger partial charge in [0.1, 0.15) is 0 Å². The number of aromatic nitrogens is 1. The van der Waals surface area contributed by atoms with E-state index in [2.05, 4.69) is 11.9 Å². The molecular weight excluding hydrogens is 328 g/mol. The summed E-state index contributed by atoms with van der Waals surface area (Å²) in [5, 5.41) is 0.695. The maximum Gasteiger partial charge on any atom is 0.265 e. The van der Waals surface area contributed by atoms with Gasteiger partial charge in [0.05, 0.1) is 17.2 Å². The van der Waals surface area contributed by atoms with Crippen molar-refractivity contribution in [2.75, 3.05) is 17.2 Å². The van der Waals surface area contributed by atoms with E-state index in [1.807, 2.05) is 6.92 Å². The Balaban J connectivity index is 0.000000361. The number of hydrogen-bond donors (Lipinski definition) is 3. The maximum atomic E-state index is 9.86. The summed E-state index contributed by atoms with van der Waals surface area (Å²) >= 11 is 1.61. The van der Waals surface area contributed by atoms with Gasteiger partial charge < -0.3 is 5.73 Å². The number of aryl methyl sites for hydroxylation is 2. The first-order valence-corrected chi connectivity index (χ1v) is 9.60. The van der Waals surface area contributed by atoms with Crippen molar-refractivity contribution in [1.29, 1.82) is 0 Å². The normalized spacial score (nSPS) is 11.8. The molecule has 0 radical (unpaired) electrons. The molecule has 0 saturated heterocycles. The molecule has 118 valence electrons. The molecular formula is C9H18N2O6S3. The fourth-order valence-corrected chi connectivity index (χ4v) is 3.74. The average molecular weight is 346 g/mol. The largest absolute Gasteiger partial charge is 0.375 e. The highest BCUT2D eigenvalue weighted by atomic mass is 32.2. The van der Waals surface area contributed by atoms with Gasteiger partial charge in [0.2, 0.25) is 0 Å². The van der Waals surface area contributed by atoms with Gasteiger partial charge in [-0.2, -0.15) is 16.8 Å². The average Bonchev–Trinajstić information content (AvgIpc) is 2.54. The fraction of sp³-hybridized carbons (Fsp3) is 0.667. The van der Waals surface area contributed by atoms with Crippen molar-refractivity contribution >= 4 is 36.7 Å². The quantitative estimate of drug-likeness (QED) is 0.661. The number of nitrogen functional groups attached to an aromatic ring is 1. The summed E-state index contributed by atoms with van der Waals surface area (Å²) in [6, 6.07) is 0. The van der Waals surface area contributed by atoms with Crippen LogP contribution in [0.5, 0.6) is 0 Å². The zero-order valence-corrected chi connectivity index (χ0v) is 13.6. The lowest BCUT2D eigenvalue weighted by molar-refractivity contribution is 0.472. The number of thiazole rings is 1. The predicted molar refractivity (Wildman–Crippen MR) is 78.1 cm³/mol. The van der Waals surface area contributed by atoms with Gasteiger partial charge in [-0.15, -0.1) is 11.3 Å². The molecule has 4 N–H and O–H groups in total. The Hall–Kier alpha value is -0.750. The SMILES string of the molecule is CCCc1sc(N)nc1C.O=S(=O)(O)CCS(=O)(=O)O. The first kappa shape index (κ1) is 19.2. The molecule has 0 aliphatic rings. The fourth-order valence-electron chi connectivity index (χ4n) is 1.12. The highest BCUT2D eigenvalue weighted by Gasteiger charge is 2.11. The number of nitrogens with zero attached hydrogens (tertiary/aromatic N) is 1. The topological polar surface area (TPSA) is 148 Å². The molecule has 0 aliphatic carbocycles. The number of anilines is 1. The van der Waals surface area contributed by atoms with Crippen LogP contribution in [-0.4, -0.2) is 42.4 Å². The Morgan fingerprint density at radius 1 is 1.15 bits per heavy atom. The number of nitrogens with two attached hydrogens (primary N) is 1. The molecule has 1 heterocycles. The van der Waals surface area contributed by atoms with Crippen LogP contribution >= 0.6 is 11.3 Å². The van der Waals surface area contributed by atoms with Crippen molar-refractivity contribution in [3.05, 3.63) is 10.6 Å². The van der Waals surface area contributed by atoms with Crippen molar-refractivity contribution in [2.45, 2.75) is 26.7 Å². The molecule has 0 saturated carbocycles. The van der Waals surface area contributed by atoms with Crippen molar-refractivity contribution in [2.24, 2.45) is 0 Å². The molecule has 8 nitrogen and oxygen atoms in total. The van der Waals surface area contributed by atoms with E-state index in [1.165, 1.54) is 11.3 Å². The molecule has 0 aromatic carbocycles. The lowest BCUT2D eigenvalue weighted by Gasteiger charge is -1.92. The van der Waals surface area contributed by atoms with Crippen LogP contribution in [0.4, 0.5) is 5.13 Å². The minimum Gasteiger partial charge on any atom is -0.375 e. The van der Waals surface area contributed by atoms with Crippen molar-refractivity contribution in [3.63, 3.8) is 0 Å². The van der Waals surface area contributed by atoms with Crippen molar-refractivity contribution in [3.8, 4) is 0 Å². The standard InChI is InChI=1S/C7H12N2S.C2H6O6S2/c1-3-4-6-5(2)9-7(8)10-6;3-9(4,5)1-2-10(6,7)8/h3-4H2,1-2H3,(H2,8,9);1-2H2,(H,3,4,5)(H,6,7,8). The Bertz CT molecular complexity index is 588. The van der Waals surface area contributed by atoms with Crippen molar-refractivity contribution in [1.82, 2.24) is 4.98 Å². The lowest BCUT2D eigenvalue weighted by Crippen LogP contribution is -2.15. The zero-order valence-electron chi connectivity index (χ0n) is 11.1. The molecule has 1 rings (SSSR count). The summed E-state index contributed by atoms with van der Waals surface area (Å²) < 4.78 is 55.4.